The summed E-state index contributed by atoms with van der Waals surface area (Å²) in [6.07, 6.45) is 0.161. The second-order valence-electron chi connectivity index (χ2n) is 13.1. The molecule has 1 spiro atoms. The fourth-order valence-corrected chi connectivity index (χ4v) is 6.17. The van der Waals surface area contributed by atoms with E-state index in [1.54, 1.807) is 21.7 Å². The fraction of sp³-hybridized carbons (Fsp3) is 0.500. The quantitative estimate of drug-likeness (QED) is 0.298. The number of methoxy groups -OCH3 is 1. The predicted octanol–water partition coefficient (Wildman–Crippen LogP) is 1.70. The number of pyridine rings is 1. The SMILES string of the molecule is COC(=O)Nc1cc(C(F)(F)F)c(-c2nc(N3CC4(COC4)C3)c3cc(CN4CCN(C(=O)CNC(=O)/C=C/CN(C)C)CC4)cn3n2)cn1. The Morgan fingerprint density at radius 2 is 1.86 bits per heavy atom. The minimum absolute atomic E-state index is 0.0140. The number of piperazine rings is 1. The number of anilines is 2. The van der Waals surface area contributed by atoms with E-state index in [0.717, 1.165) is 24.9 Å². The molecule has 0 unspecified atom stereocenters. The van der Waals surface area contributed by atoms with Gasteiger partial charge in [0.25, 0.3) is 0 Å². The second kappa shape index (κ2) is 14.2. The zero-order chi connectivity index (χ0) is 35.6. The Kier molecular flexibility index (Phi) is 9.95. The maximum atomic E-state index is 14.3. The van der Waals surface area contributed by atoms with Gasteiger partial charge in [-0.3, -0.25) is 19.8 Å². The third-order valence-electron chi connectivity index (χ3n) is 8.82. The Morgan fingerprint density at radius 1 is 1.12 bits per heavy atom. The average Bonchev–Trinajstić information content (AvgIpc) is 3.44. The van der Waals surface area contributed by atoms with Crippen LogP contribution in [0.25, 0.3) is 16.9 Å². The van der Waals surface area contributed by atoms with Crippen molar-refractivity contribution in [2.75, 3.05) is 97.0 Å². The van der Waals surface area contributed by atoms with Gasteiger partial charge in [-0.2, -0.15) is 13.2 Å². The van der Waals surface area contributed by atoms with Gasteiger partial charge in [-0.25, -0.2) is 19.3 Å². The van der Waals surface area contributed by atoms with Gasteiger partial charge in [0.05, 0.1) is 43.4 Å². The number of ether oxygens (including phenoxy) is 2. The number of fused-ring (bicyclic) bond motifs is 1. The summed E-state index contributed by atoms with van der Waals surface area (Å²) in [5.41, 5.74) is 0.142. The van der Waals surface area contributed by atoms with Crippen LogP contribution in [0.4, 0.5) is 29.6 Å². The molecule has 0 aromatic carbocycles. The van der Waals surface area contributed by atoms with Crippen LogP contribution in [0.2, 0.25) is 0 Å². The summed E-state index contributed by atoms with van der Waals surface area (Å²) >= 11 is 0. The molecule has 3 aliphatic rings. The highest BCUT2D eigenvalue weighted by Gasteiger charge is 2.50. The molecular formula is C32H39F3N10O5. The first-order valence-corrected chi connectivity index (χ1v) is 16.1. The summed E-state index contributed by atoms with van der Waals surface area (Å²) in [5.74, 6) is -0.480. The number of hydrogen-bond acceptors (Lipinski definition) is 11. The van der Waals surface area contributed by atoms with Crippen molar-refractivity contribution >= 4 is 35.1 Å². The highest BCUT2D eigenvalue weighted by atomic mass is 19.4. The third kappa shape index (κ3) is 7.81. The molecule has 3 fully saturated rings. The van der Waals surface area contributed by atoms with Crippen LogP contribution >= 0.6 is 0 Å². The highest BCUT2D eigenvalue weighted by molar-refractivity contribution is 5.91. The maximum Gasteiger partial charge on any atom is 0.417 e. The Labute approximate surface area is 286 Å². The Balaban J connectivity index is 1.18. The summed E-state index contributed by atoms with van der Waals surface area (Å²) < 4.78 is 54.4. The van der Waals surface area contributed by atoms with E-state index in [9.17, 15) is 27.6 Å². The summed E-state index contributed by atoms with van der Waals surface area (Å²) in [6, 6.07) is 2.66. The van der Waals surface area contributed by atoms with Crippen molar-refractivity contribution in [3.8, 4) is 11.4 Å². The van der Waals surface area contributed by atoms with Crippen LogP contribution < -0.4 is 15.5 Å². The van der Waals surface area contributed by atoms with E-state index in [2.05, 4.69) is 35.3 Å². The predicted molar refractivity (Wildman–Crippen MR) is 175 cm³/mol. The van der Waals surface area contributed by atoms with Gasteiger partial charge in [-0.15, -0.1) is 5.10 Å². The molecule has 0 atom stereocenters. The fourth-order valence-electron chi connectivity index (χ4n) is 6.17. The molecule has 6 heterocycles. The van der Waals surface area contributed by atoms with Crippen molar-refractivity contribution in [3.63, 3.8) is 0 Å². The van der Waals surface area contributed by atoms with Crippen molar-refractivity contribution in [2.24, 2.45) is 5.41 Å². The Bertz CT molecular complexity index is 1780. The molecule has 18 heteroatoms. The first kappa shape index (κ1) is 35.0. The van der Waals surface area contributed by atoms with Gasteiger partial charge >= 0.3 is 12.3 Å². The number of alkyl halides is 3. The highest BCUT2D eigenvalue weighted by Crippen LogP contribution is 2.42. The number of rotatable bonds is 10. The molecule has 3 amide bonds. The zero-order valence-corrected chi connectivity index (χ0v) is 28.0. The van der Waals surface area contributed by atoms with Crippen molar-refractivity contribution in [3.05, 3.63) is 47.8 Å². The van der Waals surface area contributed by atoms with Crippen LogP contribution in [0.5, 0.6) is 0 Å². The van der Waals surface area contributed by atoms with E-state index in [-0.39, 0.29) is 41.0 Å². The van der Waals surface area contributed by atoms with Crippen molar-refractivity contribution in [2.45, 2.75) is 12.7 Å². The lowest BCUT2D eigenvalue weighted by Crippen LogP contribution is -2.66. The number of halogens is 3. The van der Waals surface area contributed by atoms with E-state index >= 15 is 0 Å². The van der Waals surface area contributed by atoms with Gasteiger partial charge in [-0.1, -0.05) is 6.08 Å². The Morgan fingerprint density at radius 3 is 2.50 bits per heavy atom. The second-order valence-corrected chi connectivity index (χ2v) is 13.1. The molecule has 2 N–H and O–H groups in total. The van der Waals surface area contributed by atoms with E-state index in [0.29, 0.717) is 76.9 Å². The molecule has 6 rings (SSSR count). The van der Waals surface area contributed by atoms with E-state index in [4.69, 9.17) is 4.74 Å². The molecular weight excluding hydrogens is 661 g/mol. The van der Waals surface area contributed by atoms with Crippen LogP contribution in [-0.2, 0) is 31.8 Å². The molecule has 3 aromatic heterocycles. The van der Waals surface area contributed by atoms with Crippen LogP contribution in [0.15, 0.2) is 36.7 Å². The van der Waals surface area contributed by atoms with Gasteiger partial charge < -0.3 is 29.5 Å². The van der Waals surface area contributed by atoms with E-state index in [1.807, 2.05) is 30.0 Å². The molecule has 3 aliphatic heterocycles. The molecule has 268 valence electrons. The Hall–Kier alpha value is -4.81. The molecule has 0 radical (unpaired) electrons. The largest absolute Gasteiger partial charge is 0.453 e. The van der Waals surface area contributed by atoms with Gasteiger partial charge in [-0.05, 0) is 31.8 Å². The summed E-state index contributed by atoms with van der Waals surface area (Å²) in [4.78, 5) is 52.8. The third-order valence-corrected chi connectivity index (χ3v) is 8.82. The lowest BCUT2D eigenvalue weighted by Gasteiger charge is -2.55. The summed E-state index contributed by atoms with van der Waals surface area (Å²) in [7, 11) is 4.88. The van der Waals surface area contributed by atoms with Crippen LogP contribution in [0.3, 0.4) is 0 Å². The number of nitrogens with one attached hydrogen (secondary N) is 2. The molecule has 3 saturated heterocycles. The topological polar surface area (TPSA) is 150 Å². The van der Waals surface area contributed by atoms with Crippen LogP contribution in [0.1, 0.15) is 11.1 Å². The molecule has 15 nitrogen and oxygen atoms in total. The van der Waals surface area contributed by atoms with Crippen molar-refractivity contribution in [1.82, 2.24) is 39.6 Å². The summed E-state index contributed by atoms with van der Waals surface area (Å²) in [6.45, 7) is 5.76. The van der Waals surface area contributed by atoms with Gasteiger partial charge in [0.2, 0.25) is 11.8 Å². The first-order chi connectivity index (χ1) is 23.8. The van der Waals surface area contributed by atoms with Crippen molar-refractivity contribution < 1.29 is 37.0 Å². The number of aromatic nitrogens is 4. The molecule has 0 aliphatic carbocycles. The summed E-state index contributed by atoms with van der Waals surface area (Å²) in [5, 5.41) is 9.30. The first-order valence-electron chi connectivity index (χ1n) is 16.1. The minimum atomic E-state index is -4.80. The minimum Gasteiger partial charge on any atom is -0.453 e. The average molecular weight is 701 g/mol. The van der Waals surface area contributed by atoms with Crippen molar-refractivity contribution in [1.29, 1.82) is 0 Å². The van der Waals surface area contributed by atoms with Gasteiger partial charge in [0.15, 0.2) is 11.6 Å². The standard InChI is InChI=1S/C32H39F3N10O5/c1-41(2)6-4-5-26(46)37-14-27(47)43-9-7-42(8-10-43)15-21-11-24-29(44-17-31(18-44)19-50-20-31)39-28(40-45(24)16-21)22-13-36-25(38-30(48)49-3)12-23(22)32(33,34)35/h4-5,11-13,16H,6-10,14-15,17-20H2,1-3H3,(H,37,46)(H,36,38,48)/b5-4+. The van der Waals surface area contributed by atoms with Gasteiger partial charge in [0.1, 0.15) is 11.3 Å². The lowest BCUT2D eigenvalue weighted by molar-refractivity contribution is -0.137. The van der Waals surface area contributed by atoms with Gasteiger partial charge in [0, 0.05) is 70.8 Å². The number of hydrogen-bond donors (Lipinski definition) is 2. The molecule has 0 bridgehead atoms. The molecule has 3 aromatic rings. The monoisotopic (exact) mass is 700 g/mol. The van der Waals surface area contributed by atoms with Crippen LogP contribution in [-0.4, -0.2) is 139 Å². The number of amides is 3. The smallest absolute Gasteiger partial charge is 0.417 e. The normalized spacial score (nSPS) is 17.7. The molecule has 50 heavy (non-hydrogen) atoms. The lowest BCUT2D eigenvalue weighted by atomic mass is 9.78. The number of carbonyl (C=O) groups excluding carboxylic acids is 3. The molecule has 0 saturated carbocycles. The number of carbonyl (C=O) groups is 3. The van der Waals surface area contributed by atoms with E-state index < -0.39 is 17.8 Å². The number of likely N-dealkylation sites (N-methyl/N-ethyl adjacent to an activating group) is 1. The van der Waals surface area contributed by atoms with E-state index in [1.165, 1.54) is 6.08 Å². The van der Waals surface area contributed by atoms with Crippen LogP contribution in [0, 0.1) is 5.41 Å². The zero-order valence-electron chi connectivity index (χ0n) is 28.0. The number of nitrogens with zero attached hydrogens (tertiary/aromatic N) is 8. The maximum absolute atomic E-state index is 14.3.